The fraction of sp³-hybridized carbons (Fsp3) is 0.875. The Balaban J connectivity index is 2.39. The molecule has 6 nitrogen and oxygen atoms in total. The number of hydrogen-bond acceptors (Lipinski definition) is 4. The number of piperidine rings is 1. The second kappa shape index (κ2) is 10.6. The molecule has 6 heteroatoms. The van der Waals surface area contributed by atoms with E-state index in [1.165, 1.54) is 0 Å². The quantitative estimate of drug-likeness (QED) is 0.649. The number of amides is 2. The van der Waals surface area contributed by atoms with E-state index in [1.54, 1.807) is 11.8 Å². The van der Waals surface area contributed by atoms with E-state index < -0.39 is 6.10 Å². The zero-order chi connectivity index (χ0) is 16.4. The third-order valence-electron chi connectivity index (χ3n) is 3.80. The minimum atomic E-state index is -0.488. The summed E-state index contributed by atoms with van der Waals surface area (Å²) >= 11 is 0. The number of ether oxygens (including phenoxy) is 2. The van der Waals surface area contributed by atoms with Gasteiger partial charge in [0.25, 0.3) is 5.91 Å². The molecule has 1 heterocycles. The topological polar surface area (TPSA) is 67.9 Å². The van der Waals surface area contributed by atoms with Crippen molar-refractivity contribution in [1.29, 1.82) is 0 Å². The Morgan fingerprint density at radius 2 is 2.09 bits per heavy atom. The number of carbonyl (C=O) groups excluding carboxylic acids is 2. The predicted molar refractivity (Wildman–Crippen MR) is 84.5 cm³/mol. The van der Waals surface area contributed by atoms with Crippen molar-refractivity contribution >= 4 is 11.8 Å². The second-order valence-corrected chi connectivity index (χ2v) is 5.62. The highest BCUT2D eigenvalue weighted by Crippen LogP contribution is 2.18. The van der Waals surface area contributed by atoms with Crippen molar-refractivity contribution < 1.29 is 19.1 Å². The molecule has 1 aliphatic rings. The molecule has 1 aliphatic heterocycles. The van der Waals surface area contributed by atoms with Gasteiger partial charge in [0.2, 0.25) is 5.91 Å². The molecule has 1 rings (SSSR count). The Morgan fingerprint density at radius 3 is 2.77 bits per heavy atom. The van der Waals surface area contributed by atoms with Crippen LogP contribution in [0, 0.1) is 5.92 Å². The van der Waals surface area contributed by atoms with Gasteiger partial charge in [-0.3, -0.25) is 9.59 Å². The van der Waals surface area contributed by atoms with Crippen molar-refractivity contribution in [3.05, 3.63) is 0 Å². The molecule has 1 N–H and O–H groups in total. The van der Waals surface area contributed by atoms with Crippen molar-refractivity contribution in [2.45, 2.75) is 46.1 Å². The van der Waals surface area contributed by atoms with Gasteiger partial charge in [0.15, 0.2) is 0 Å². The van der Waals surface area contributed by atoms with E-state index >= 15 is 0 Å². The SMILES string of the molecule is CCCNC(=O)[C@H]1CCCN(C(=O)[C@@H](C)OCCOCC)C1. The van der Waals surface area contributed by atoms with Gasteiger partial charge in [0, 0.05) is 26.2 Å². The Bertz CT molecular complexity index is 349. The fourth-order valence-corrected chi connectivity index (χ4v) is 2.54. The van der Waals surface area contributed by atoms with Crippen LogP contribution < -0.4 is 5.32 Å². The highest BCUT2D eigenvalue weighted by molar-refractivity contribution is 5.83. The van der Waals surface area contributed by atoms with Crippen LogP contribution in [0.4, 0.5) is 0 Å². The summed E-state index contributed by atoms with van der Waals surface area (Å²) < 4.78 is 10.7. The van der Waals surface area contributed by atoms with E-state index in [0.29, 0.717) is 39.5 Å². The van der Waals surface area contributed by atoms with Crippen molar-refractivity contribution in [3.63, 3.8) is 0 Å². The summed E-state index contributed by atoms with van der Waals surface area (Å²) in [4.78, 5) is 26.2. The van der Waals surface area contributed by atoms with Crippen LogP contribution in [0.15, 0.2) is 0 Å². The lowest BCUT2D eigenvalue weighted by Crippen LogP contribution is -2.48. The van der Waals surface area contributed by atoms with Crippen molar-refractivity contribution in [3.8, 4) is 0 Å². The standard InChI is InChI=1S/C16H30N2O4/c1-4-8-17-15(19)14-7-6-9-18(12-14)16(20)13(3)22-11-10-21-5-2/h13-14H,4-12H2,1-3H3,(H,17,19)/t13-,14+/m1/s1. The van der Waals surface area contributed by atoms with Crippen molar-refractivity contribution in [2.75, 3.05) is 39.5 Å². The van der Waals surface area contributed by atoms with Crippen LogP contribution in [0.25, 0.3) is 0 Å². The summed E-state index contributed by atoms with van der Waals surface area (Å²) in [7, 11) is 0. The van der Waals surface area contributed by atoms with Gasteiger partial charge >= 0.3 is 0 Å². The highest BCUT2D eigenvalue weighted by Gasteiger charge is 2.30. The van der Waals surface area contributed by atoms with Crippen molar-refractivity contribution in [1.82, 2.24) is 10.2 Å². The molecule has 2 atom stereocenters. The average molecular weight is 314 g/mol. The molecule has 22 heavy (non-hydrogen) atoms. The number of nitrogens with one attached hydrogen (secondary N) is 1. The lowest BCUT2D eigenvalue weighted by Gasteiger charge is -2.33. The van der Waals surface area contributed by atoms with E-state index in [-0.39, 0.29) is 17.7 Å². The third kappa shape index (κ3) is 6.32. The molecular weight excluding hydrogens is 284 g/mol. The third-order valence-corrected chi connectivity index (χ3v) is 3.80. The first-order valence-electron chi connectivity index (χ1n) is 8.36. The molecule has 0 unspecified atom stereocenters. The maximum absolute atomic E-state index is 12.4. The molecular formula is C16H30N2O4. The molecule has 2 amide bonds. The average Bonchev–Trinajstić information content (AvgIpc) is 2.55. The Kier molecular flexibility index (Phi) is 9.08. The van der Waals surface area contributed by atoms with Gasteiger partial charge in [-0.2, -0.15) is 0 Å². The first kappa shape index (κ1) is 18.9. The van der Waals surface area contributed by atoms with Crippen LogP contribution in [0.5, 0.6) is 0 Å². The van der Waals surface area contributed by atoms with Crippen LogP contribution in [0.2, 0.25) is 0 Å². The van der Waals surface area contributed by atoms with Gasteiger partial charge < -0.3 is 19.7 Å². The van der Waals surface area contributed by atoms with Crippen LogP contribution in [-0.4, -0.2) is 62.3 Å². The molecule has 0 aliphatic carbocycles. The number of rotatable bonds is 9. The van der Waals surface area contributed by atoms with Crippen LogP contribution in [0.3, 0.4) is 0 Å². The summed E-state index contributed by atoms with van der Waals surface area (Å²) in [5, 5.41) is 2.91. The Morgan fingerprint density at radius 1 is 1.32 bits per heavy atom. The number of carbonyl (C=O) groups is 2. The van der Waals surface area contributed by atoms with Gasteiger partial charge in [0.1, 0.15) is 6.10 Å². The Hall–Kier alpha value is -1.14. The molecule has 1 saturated heterocycles. The van der Waals surface area contributed by atoms with E-state index in [2.05, 4.69) is 5.32 Å². The minimum absolute atomic E-state index is 0.0375. The minimum Gasteiger partial charge on any atom is -0.379 e. The largest absolute Gasteiger partial charge is 0.379 e. The van der Waals surface area contributed by atoms with Gasteiger partial charge in [-0.1, -0.05) is 6.92 Å². The maximum Gasteiger partial charge on any atom is 0.251 e. The summed E-state index contributed by atoms with van der Waals surface area (Å²) in [5.41, 5.74) is 0. The summed E-state index contributed by atoms with van der Waals surface area (Å²) in [6.07, 6.45) is 2.14. The number of nitrogens with zero attached hydrogens (tertiary/aromatic N) is 1. The van der Waals surface area contributed by atoms with Crippen LogP contribution in [-0.2, 0) is 19.1 Å². The monoisotopic (exact) mass is 314 g/mol. The molecule has 0 radical (unpaired) electrons. The molecule has 0 aromatic rings. The number of hydrogen-bond donors (Lipinski definition) is 1. The molecule has 0 saturated carbocycles. The smallest absolute Gasteiger partial charge is 0.251 e. The first-order chi connectivity index (χ1) is 10.6. The molecule has 128 valence electrons. The molecule has 0 aromatic heterocycles. The second-order valence-electron chi connectivity index (χ2n) is 5.62. The Labute approximate surface area is 133 Å². The highest BCUT2D eigenvalue weighted by atomic mass is 16.5. The lowest BCUT2D eigenvalue weighted by molar-refractivity contribution is -0.146. The summed E-state index contributed by atoms with van der Waals surface area (Å²) in [6.45, 7) is 9.15. The zero-order valence-corrected chi connectivity index (χ0v) is 14.1. The lowest BCUT2D eigenvalue weighted by atomic mass is 9.96. The molecule has 0 spiro atoms. The first-order valence-corrected chi connectivity index (χ1v) is 8.36. The molecule has 1 fully saturated rings. The zero-order valence-electron chi connectivity index (χ0n) is 14.1. The van der Waals surface area contributed by atoms with Gasteiger partial charge in [-0.05, 0) is 33.1 Å². The number of likely N-dealkylation sites (tertiary alicyclic amines) is 1. The van der Waals surface area contributed by atoms with Crippen LogP contribution >= 0.6 is 0 Å². The van der Waals surface area contributed by atoms with E-state index in [1.807, 2.05) is 13.8 Å². The van der Waals surface area contributed by atoms with E-state index in [9.17, 15) is 9.59 Å². The van der Waals surface area contributed by atoms with Gasteiger partial charge in [-0.15, -0.1) is 0 Å². The van der Waals surface area contributed by atoms with E-state index in [0.717, 1.165) is 19.3 Å². The van der Waals surface area contributed by atoms with Gasteiger partial charge in [0.05, 0.1) is 19.1 Å². The van der Waals surface area contributed by atoms with Crippen LogP contribution in [0.1, 0.15) is 40.0 Å². The van der Waals surface area contributed by atoms with Gasteiger partial charge in [-0.25, -0.2) is 0 Å². The maximum atomic E-state index is 12.4. The normalized spacial score (nSPS) is 19.8. The summed E-state index contributed by atoms with van der Waals surface area (Å²) in [6, 6.07) is 0. The fourth-order valence-electron chi connectivity index (χ4n) is 2.54. The van der Waals surface area contributed by atoms with Crippen molar-refractivity contribution in [2.24, 2.45) is 5.92 Å². The predicted octanol–water partition coefficient (Wildman–Crippen LogP) is 1.19. The van der Waals surface area contributed by atoms with E-state index in [4.69, 9.17) is 9.47 Å². The molecule has 0 aromatic carbocycles. The summed E-state index contributed by atoms with van der Waals surface area (Å²) in [5.74, 6) is -0.0753. The molecule has 0 bridgehead atoms.